The summed E-state index contributed by atoms with van der Waals surface area (Å²) < 4.78 is 7.56. The van der Waals surface area contributed by atoms with Gasteiger partial charge in [0.15, 0.2) is 0 Å². The number of piperidine rings is 1. The highest BCUT2D eigenvalue weighted by Crippen LogP contribution is 2.24. The van der Waals surface area contributed by atoms with E-state index < -0.39 is 0 Å². The van der Waals surface area contributed by atoms with Crippen LogP contribution < -0.4 is 9.64 Å². The molecule has 32 heavy (non-hydrogen) atoms. The van der Waals surface area contributed by atoms with Crippen LogP contribution in [-0.2, 0) is 6.54 Å². The summed E-state index contributed by atoms with van der Waals surface area (Å²) in [5.41, 5.74) is 3.77. The molecule has 0 unspecified atom stereocenters. The number of methoxy groups -OCH3 is 1. The molecule has 0 spiro atoms. The van der Waals surface area contributed by atoms with Crippen LogP contribution in [-0.4, -0.2) is 71.8 Å². The number of ether oxygens (including phenoxy) is 1. The largest absolute Gasteiger partial charge is 0.497 e. The van der Waals surface area contributed by atoms with Crippen molar-refractivity contribution in [2.24, 2.45) is 0 Å². The van der Waals surface area contributed by atoms with Gasteiger partial charge in [-0.3, -0.25) is 14.8 Å². The van der Waals surface area contributed by atoms with Gasteiger partial charge in [-0.25, -0.2) is 0 Å². The second-order valence-electron chi connectivity index (χ2n) is 8.83. The van der Waals surface area contributed by atoms with Crippen molar-refractivity contribution >= 4 is 5.69 Å². The Morgan fingerprint density at radius 3 is 2.53 bits per heavy atom. The first kappa shape index (κ1) is 21.0. The Morgan fingerprint density at radius 2 is 1.78 bits per heavy atom. The number of hydrogen-bond donors (Lipinski definition) is 0. The van der Waals surface area contributed by atoms with Crippen molar-refractivity contribution in [2.45, 2.75) is 25.4 Å². The van der Waals surface area contributed by atoms with Gasteiger partial charge in [-0.05, 0) is 67.9 Å². The smallest absolute Gasteiger partial charge is 0.119 e. The predicted molar refractivity (Wildman–Crippen MR) is 129 cm³/mol. The highest BCUT2D eigenvalue weighted by atomic mass is 16.5. The molecule has 5 rings (SSSR count). The second-order valence-corrected chi connectivity index (χ2v) is 8.83. The van der Waals surface area contributed by atoms with E-state index in [4.69, 9.17) is 4.74 Å². The third-order valence-electron chi connectivity index (χ3n) is 6.89. The monoisotopic (exact) mass is 431 g/mol. The number of benzene rings is 1. The molecule has 2 aliphatic heterocycles. The first-order valence-corrected chi connectivity index (χ1v) is 11.7. The van der Waals surface area contributed by atoms with Crippen LogP contribution in [0.1, 0.15) is 18.5 Å². The minimum absolute atomic E-state index is 0.656. The van der Waals surface area contributed by atoms with E-state index in [1.54, 1.807) is 7.11 Å². The lowest BCUT2D eigenvalue weighted by Crippen LogP contribution is -2.55. The molecule has 0 radical (unpaired) electrons. The molecule has 2 aliphatic rings. The van der Waals surface area contributed by atoms with Crippen molar-refractivity contribution in [3.05, 3.63) is 72.8 Å². The standard InChI is InChI=1S/C26H33N5O/c1-32-26-10-8-22(9-11-26)29-15-17-30(18-16-29)24-6-3-13-28(20-24)21-25-7-4-14-31(25)23-5-2-12-27-19-23/h2,4-5,7-12,14,19,24H,3,6,13,15-18,20-21H2,1H3/t24-/m1/s1. The predicted octanol–water partition coefficient (Wildman–Crippen LogP) is 3.67. The molecule has 2 saturated heterocycles. The van der Waals surface area contributed by atoms with Gasteiger partial charge in [0.25, 0.3) is 0 Å². The van der Waals surface area contributed by atoms with Crippen LogP contribution in [0.3, 0.4) is 0 Å². The second kappa shape index (κ2) is 9.76. The number of hydrogen-bond acceptors (Lipinski definition) is 5. The summed E-state index contributed by atoms with van der Waals surface area (Å²) in [5, 5.41) is 0. The van der Waals surface area contributed by atoms with Crippen LogP contribution in [0.5, 0.6) is 5.75 Å². The molecule has 0 aliphatic carbocycles. The number of likely N-dealkylation sites (tertiary alicyclic amines) is 1. The third kappa shape index (κ3) is 4.66. The van der Waals surface area contributed by atoms with Gasteiger partial charge in [-0.1, -0.05) is 0 Å². The summed E-state index contributed by atoms with van der Waals surface area (Å²) in [7, 11) is 1.72. The Hall–Kier alpha value is -2.83. The Kier molecular flexibility index (Phi) is 6.41. The zero-order valence-corrected chi connectivity index (χ0v) is 18.9. The van der Waals surface area contributed by atoms with Crippen LogP contribution in [0.25, 0.3) is 5.69 Å². The number of pyridine rings is 1. The highest BCUT2D eigenvalue weighted by molar-refractivity contribution is 5.49. The van der Waals surface area contributed by atoms with Gasteiger partial charge in [0, 0.05) is 69.1 Å². The lowest BCUT2D eigenvalue weighted by molar-refractivity contribution is 0.0878. The van der Waals surface area contributed by atoms with E-state index >= 15 is 0 Å². The van der Waals surface area contributed by atoms with E-state index in [9.17, 15) is 0 Å². The molecule has 6 heteroatoms. The van der Waals surface area contributed by atoms with Gasteiger partial charge in [-0.15, -0.1) is 0 Å². The molecule has 1 atom stereocenters. The lowest BCUT2D eigenvalue weighted by atomic mass is 10.0. The van der Waals surface area contributed by atoms with Gasteiger partial charge in [0.1, 0.15) is 5.75 Å². The molecule has 4 heterocycles. The van der Waals surface area contributed by atoms with Crippen molar-refractivity contribution in [2.75, 3.05) is 51.3 Å². The van der Waals surface area contributed by atoms with Gasteiger partial charge in [0.2, 0.25) is 0 Å². The van der Waals surface area contributed by atoms with Crippen LogP contribution >= 0.6 is 0 Å². The van der Waals surface area contributed by atoms with Crippen molar-refractivity contribution < 1.29 is 4.74 Å². The average Bonchev–Trinajstić information content (AvgIpc) is 3.33. The van der Waals surface area contributed by atoms with Crippen molar-refractivity contribution in [3.8, 4) is 11.4 Å². The van der Waals surface area contributed by atoms with Gasteiger partial charge >= 0.3 is 0 Å². The van der Waals surface area contributed by atoms with Crippen LogP contribution in [0.15, 0.2) is 67.1 Å². The minimum Gasteiger partial charge on any atom is -0.497 e. The average molecular weight is 432 g/mol. The molecule has 2 fully saturated rings. The first-order chi connectivity index (χ1) is 15.8. The number of piperazine rings is 1. The van der Waals surface area contributed by atoms with Crippen molar-refractivity contribution in [1.82, 2.24) is 19.4 Å². The molecule has 0 amide bonds. The Labute approximate surface area is 191 Å². The summed E-state index contributed by atoms with van der Waals surface area (Å²) in [5.74, 6) is 0.921. The summed E-state index contributed by atoms with van der Waals surface area (Å²) in [4.78, 5) is 12.1. The Bertz CT molecular complexity index is 979. The maximum absolute atomic E-state index is 5.30. The van der Waals surface area contributed by atoms with Crippen LogP contribution in [0.4, 0.5) is 5.69 Å². The van der Waals surface area contributed by atoms with Gasteiger partial charge in [-0.2, -0.15) is 0 Å². The van der Waals surface area contributed by atoms with Crippen LogP contribution in [0.2, 0.25) is 0 Å². The van der Waals surface area contributed by atoms with E-state index in [-0.39, 0.29) is 0 Å². The maximum atomic E-state index is 5.30. The molecular formula is C26H33N5O. The molecule has 3 aromatic rings. The molecule has 0 bridgehead atoms. The summed E-state index contributed by atoms with van der Waals surface area (Å²) >= 11 is 0. The maximum Gasteiger partial charge on any atom is 0.119 e. The molecule has 2 aromatic heterocycles. The fourth-order valence-corrected chi connectivity index (χ4v) is 5.13. The highest BCUT2D eigenvalue weighted by Gasteiger charge is 2.28. The number of aromatic nitrogens is 2. The van der Waals surface area contributed by atoms with E-state index in [0.717, 1.165) is 50.7 Å². The van der Waals surface area contributed by atoms with Gasteiger partial charge < -0.3 is 14.2 Å². The topological polar surface area (TPSA) is 36.8 Å². The Morgan fingerprint density at radius 1 is 0.938 bits per heavy atom. The number of rotatable bonds is 6. The summed E-state index contributed by atoms with van der Waals surface area (Å²) in [6, 6.07) is 17.6. The quantitative estimate of drug-likeness (QED) is 0.595. The Balaban J connectivity index is 1.17. The lowest BCUT2D eigenvalue weighted by Gasteiger charge is -2.44. The van der Waals surface area contributed by atoms with E-state index in [1.165, 1.54) is 30.8 Å². The van der Waals surface area contributed by atoms with E-state index in [2.05, 4.69) is 72.9 Å². The molecule has 0 saturated carbocycles. The molecule has 6 nitrogen and oxygen atoms in total. The molecule has 168 valence electrons. The molecule has 1 aromatic carbocycles. The number of nitrogens with zero attached hydrogens (tertiary/aromatic N) is 5. The fourth-order valence-electron chi connectivity index (χ4n) is 5.13. The fraction of sp³-hybridized carbons (Fsp3) is 0.423. The van der Waals surface area contributed by atoms with Crippen LogP contribution in [0, 0.1) is 0 Å². The molecular weight excluding hydrogens is 398 g/mol. The molecule has 0 N–H and O–H groups in total. The van der Waals surface area contributed by atoms with Gasteiger partial charge in [0.05, 0.1) is 19.0 Å². The normalized spacial score (nSPS) is 20.4. The van der Waals surface area contributed by atoms with Crippen molar-refractivity contribution in [1.29, 1.82) is 0 Å². The van der Waals surface area contributed by atoms with Crippen molar-refractivity contribution in [3.63, 3.8) is 0 Å². The minimum atomic E-state index is 0.656. The third-order valence-corrected chi connectivity index (χ3v) is 6.89. The first-order valence-electron chi connectivity index (χ1n) is 11.7. The SMILES string of the molecule is COc1ccc(N2CCN([C@@H]3CCCN(Cc4cccn4-c4cccnc4)C3)CC2)cc1. The summed E-state index contributed by atoms with van der Waals surface area (Å²) in [6.07, 6.45) is 8.49. The summed E-state index contributed by atoms with van der Waals surface area (Å²) in [6.45, 7) is 7.78. The van der Waals surface area contributed by atoms with E-state index in [1.807, 2.05) is 18.5 Å². The zero-order valence-electron chi connectivity index (χ0n) is 18.9. The zero-order chi connectivity index (χ0) is 21.8. The number of anilines is 1. The van der Waals surface area contributed by atoms with E-state index in [0.29, 0.717) is 6.04 Å².